The molecule has 1 N–H and O–H groups in total. The third kappa shape index (κ3) is 4.19. The number of anilines is 1. The summed E-state index contributed by atoms with van der Waals surface area (Å²) in [4.78, 5) is 14.7. The number of ether oxygens (including phenoxy) is 2. The van der Waals surface area contributed by atoms with Crippen LogP contribution in [0.15, 0.2) is 48.5 Å². The van der Waals surface area contributed by atoms with E-state index in [0.717, 1.165) is 24.3 Å². The van der Waals surface area contributed by atoms with Crippen LogP contribution in [0.5, 0.6) is 11.5 Å². The highest BCUT2D eigenvalue weighted by Gasteiger charge is 2.12. The summed E-state index contributed by atoms with van der Waals surface area (Å²) in [6.07, 6.45) is 3.20. The Kier molecular flexibility index (Phi) is 5.36. The largest absolute Gasteiger partial charge is 0.504 e. The van der Waals surface area contributed by atoms with Crippen molar-refractivity contribution in [2.45, 2.75) is 0 Å². The summed E-state index contributed by atoms with van der Waals surface area (Å²) < 4.78 is 10.4. The predicted molar refractivity (Wildman–Crippen MR) is 97.5 cm³/mol. The third-order valence-corrected chi connectivity index (χ3v) is 4.14. The van der Waals surface area contributed by atoms with Crippen LogP contribution in [0.25, 0.3) is 6.08 Å². The molecule has 2 aromatic carbocycles. The van der Waals surface area contributed by atoms with Crippen molar-refractivity contribution in [3.63, 3.8) is 0 Å². The van der Waals surface area contributed by atoms with Crippen LogP contribution in [0.2, 0.25) is 0 Å². The first-order valence-electron chi connectivity index (χ1n) is 8.19. The van der Waals surface area contributed by atoms with Crippen LogP contribution in [0.4, 0.5) is 5.69 Å². The van der Waals surface area contributed by atoms with Crippen LogP contribution in [-0.4, -0.2) is 44.3 Å². The molecule has 1 heterocycles. The lowest BCUT2D eigenvalue weighted by Gasteiger charge is -2.29. The summed E-state index contributed by atoms with van der Waals surface area (Å²) >= 11 is 0. The summed E-state index contributed by atoms with van der Waals surface area (Å²) in [7, 11) is 1.50. The monoisotopic (exact) mass is 339 g/mol. The molecule has 0 bridgehead atoms. The van der Waals surface area contributed by atoms with Crippen LogP contribution in [-0.2, 0) is 4.74 Å². The van der Waals surface area contributed by atoms with Gasteiger partial charge >= 0.3 is 0 Å². The second-order valence-corrected chi connectivity index (χ2v) is 5.78. The zero-order valence-electron chi connectivity index (χ0n) is 14.1. The molecule has 1 aliphatic heterocycles. The molecule has 3 rings (SSSR count). The van der Waals surface area contributed by atoms with Crippen LogP contribution in [0, 0.1) is 0 Å². The molecular formula is C20H21NO4. The summed E-state index contributed by atoms with van der Waals surface area (Å²) in [5, 5.41) is 9.79. The Bertz CT molecular complexity index is 779. The Morgan fingerprint density at radius 2 is 2.00 bits per heavy atom. The second-order valence-electron chi connectivity index (χ2n) is 5.78. The van der Waals surface area contributed by atoms with E-state index in [1.807, 2.05) is 24.3 Å². The van der Waals surface area contributed by atoms with Crippen LogP contribution in [0.3, 0.4) is 0 Å². The number of phenolic OH excluding ortho intramolecular Hbond substituents is 1. The molecule has 5 heteroatoms. The maximum absolute atomic E-state index is 12.4. The number of benzene rings is 2. The standard InChI is InChI=1S/C20H21NO4/c1-24-20-8-6-15(13-19(20)23)5-7-18(22)16-3-2-4-17(14-16)21-9-11-25-12-10-21/h2-8,13-14,23H,9-12H2,1H3/b7-5+. The number of morpholine rings is 1. The van der Waals surface area contributed by atoms with E-state index >= 15 is 0 Å². The molecule has 2 aromatic rings. The molecule has 130 valence electrons. The van der Waals surface area contributed by atoms with E-state index in [0.29, 0.717) is 24.5 Å². The van der Waals surface area contributed by atoms with E-state index < -0.39 is 0 Å². The van der Waals surface area contributed by atoms with Crippen molar-refractivity contribution in [1.29, 1.82) is 0 Å². The molecule has 0 spiro atoms. The van der Waals surface area contributed by atoms with Crippen LogP contribution in [0.1, 0.15) is 15.9 Å². The number of allylic oxidation sites excluding steroid dienone is 1. The van der Waals surface area contributed by atoms with Gasteiger partial charge in [-0.2, -0.15) is 0 Å². The third-order valence-electron chi connectivity index (χ3n) is 4.14. The van der Waals surface area contributed by atoms with Gasteiger partial charge in [-0.3, -0.25) is 4.79 Å². The number of aromatic hydroxyl groups is 1. The number of hydrogen-bond donors (Lipinski definition) is 1. The van der Waals surface area contributed by atoms with Gasteiger partial charge in [0.15, 0.2) is 17.3 Å². The molecule has 0 saturated carbocycles. The van der Waals surface area contributed by atoms with Crippen molar-refractivity contribution in [1.82, 2.24) is 0 Å². The Hall–Kier alpha value is -2.79. The van der Waals surface area contributed by atoms with E-state index in [1.54, 1.807) is 24.3 Å². The minimum absolute atomic E-state index is 0.0476. The first-order valence-corrected chi connectivity index (χ1v) is 8.19. The minimum atomic E-state index is -0.0783. The summed E-state index contributed by atoms with van der Waals surface area (Å²) in [5.74, 6) is 0.374. The molecule has 0 aromatic heterocycles. The average molecular weight is 339 g/mol. The van der Waals surface area contributed by atoms with Crippen LogP contribution >= 0.6 is 0 Å². The topological polar surface area (TPSA) is 59.0 Å². The normalized spacial score (nSPS) is 14.7. The maximum Gasteiger partial charge on any atom is 0.185 e. The van der Waals surface area contributed by atoms with Crippen molar-refractivity contribution in [3.05, 3.63) is 59.7 Å². The molecule has 0 aliphatic carbocycles. The lowest BCUT2D eigenvalue weighted by atomic mass is 10.1. The van der Waals surface area contributed by atoms with E-state index in [1.165, 1.54) is 13.2 Å². The SMILES string of the molecule is COc1ccc(/C=C/C(=O)c2cccc(N3CCOCC3)c2)cc1O. The minimum Gasteiger partial charge on any atom is -0.504 e. The fourth-order valence-corrected chi connectivity index (χ4v) is 2.76. The number of rotatable bonds is 5. The lowest BCUT2D eigenvalue weighted by molar-refractivity contribution is 0.104. The molecule has 1 aliphatic rings. The summed E-state index contributed by atoms with van der Waals surface area (Å²) in [5.41, 5.74) is 2.40. The summed E-state index contributed by atoms with van der Waals surface area (Å²) in [6.45, 7) is 3.08. The molecule has 1 saturated heterocycles. The number of ketones is 1. The van der Waals surface area contributed by atoms with Gasteiger partial charge < -0.3 is 19.5 Å². The number of methoxy groups -OCH3 is 1. The van der Waals surface area contributed by atoms with Crippen molar-refractivity contribution in [3.8, 4) is 11.5 Å². The highest BCUT2D eigenvalue weighted by molar-refractivity contribution is 6.07. The van der Waals surface area contributed by atoms with Gasteiger partial charge in [0.25, 0.3) is 0 Å². The number of carbonyl (C=O) groups is 1. The average Bonchev–Trinajstić information content (AvgIpc) is 2.67. The van der Waals surface area contributed by atoms with E-state index in [4.69, 9.17) is 9.47 Å². The van der Waals surface area contributed by atoms with Crippen molar-refractivity contribution >= 4 is 17.5 Å². The molecular weight excluding hydrogens is 318 g/mol. The molecule has 5 nitrogen and oxygen atoms in total. The molecule has 0 amide bonds. The fraction of sp³-hybridized carbons (Fsp3) is 0.250. The van der Waals surface area contributed by atoms with E-state index in [2.05, 4.69) is 4.90 Å². The highest BCUT2D eigenvalue weighted by atomic mass is 16.5. The maximum atomic E-state index is 12.4. The van der Waals surface area contributed by atoms with Gasteiger partial charge in [-0.1, -0.05) is 24.3 Å². The predicted octanol–water partition coefficient (Wildman–Crippen LogP) is 3.13. The smallest absolute Gasteiger partial charge is 0.185 e. The van der Waals surface area contributed by atoms with Gasteiger partial charge in [0, 0.05) is 24.3 Å². The van der Waals surface area contributed by atoms with E-state index in [-0.39, 0.29) is 11.5 Å². The van der Waals surface area contributed by atoms with Gasteiger partial charge in [-0.05, 0) is 35.9 Å². The Labute approximate surface area is 147 Å². The summed E-state index contributed by atoms with van der Waals surface area (Å²) in [6, 6.07) is 12.6. The second kappa shape index (κ2) is 7.85. The van der Waals surface area contributed by atoms with Crippen LogP contribution < -0.4 is 9.64 Å². The molecule has 1 fully saturated rings. The Balaban J connectivity index is 1.73. The zero-order chi connectivity index (χ0) is 17.6. The van der Waals surface area contributed by atoms with Gasteiger partial charge in [0.1, 0.15) is 0 Å². The quantitative estimate of drug-likeness (QED) is 0.670. The number of hydrogen-bond acceptors (Lipinski definition) is 5. The zero-order valence-corrected chi connectivity index (χ0v) is 14.1. The first kappa shape index (κ1) is 17.0. The molecule has 0 unspecified atom stereocenters. The molecule has 0 atom stereocenters. The van der Waals surface area contributed by atoms with Crippen molar-refractivity contribution in [2.24, 2.45) is 0 Å². The molecule has 0 radical (unpaired) electrons. The van der Waals surface area contributed by atoms with Gasteiger partial charge in [0.05, 0.1) is 20.3 Å². The van der Waals surface area contributed by atoms with Gasteiger partial charge in [0.2, 0.25) is 0 Å². The lowest BCUT2D eigenvalue weighted by Crippen LogP contribution is -2.36. The number of nitrogens with zero attached hydrogens (tertiary/aromatic N) is 1. The van der Waals surface area contributed by atoms with Gasteiger partial charge in [-0.25, -0.2) is 0 Å². The van der Waals surface area contributed by atoms with E-state index in [9.17, 15) is 9.90 Å². The Morgan fingerprint density at radius 3 is 2.72 bits per heavy atom. The first-order chi connectivity index (χ1) is 12.2. The fourth-order valence-electron chi connectivity index (χ4n) is 2.76. The Morgan fingerprint density at radius 1 is 1.20 bits per heavy atom. The number of carbonyl (C=O) groups excluding carboxylic acids is 1. The van der Waals surface area contributed by atoms with Crippen molar-refractivity contribution in [2.75, 3.05) is 38.3 Å². The van der Waals surface area contributed by atoms with Gasteiger partial charge in [-0.15, -0.1) is 0 Å². The van der Waals surface area contributed by atoms with Crippen molar-refractivity contribution < 1.29 is 19.4 Å². The number of phenols is 1. The highest BCUT2D eigenvalue weighted by Crippen LogP contribution is 2.26. The molecule has 25 heavy (non-hydrogen) atoms.